The molecule has 0 bridgehead atoms. The lowest BCUT2D eigenvalue weighted by Gasteiger charge is -2.10. The second-order valence-corrected chi connectivity index (χ2v) is 2.91. The fraction of sp³-hybridized carbons (Fsp3) is 0.625. The number of hydrogen-bond acceptors (Lipinski definition) is 4. The van der Waals surface area contributed by atoms with Crippen molar-refractivity contribution in [2.75, 3.05) is 19.6 Å². The molecule has 1 fully saturated rings. The molecule has 1 rings (SSSR count). The molecule has 1 amide bonds. The van der Waals surface area contributed by atoms with Gasteiger partial charge < -0.3 is 20.8 Å². The van der Waals surface area contributed by atoms with Crippen LogP contribution in [0, 0.1) is 0 Å². The Morgan fingerprint density at radius 2 is 1.87 bits per heavy atom. The van der Waals surface area contributed by atoms with Crippen molar-refractivity contribution >= 4 is 17.8 Å². The topological polar surface area (TPSA) is 121 Å². The van der Waals surface area contributed by atoms with Gasteiger partial charge in [-0.15, -0.1) is 0 Å². The second kappa shape index (κ2) is 6.77. The zero-order chi connectivity index (χ0) is 11.8. The Balaban J connectivity index is 0.000000336. The van der Waals surface area contributed by atoms with Gasteiger partial charge in [0.15, 0.2) is 0 Å². The minimum atomic E-state index is -0.968. The smallest absolute Gasteiger partial charge is 0.323 e. The molecule has 1 heterocycles. The van der Waals surface area contributed by atoms with E-state index in [1.807, 2.05) is 0 Å². The summed E-state index contributed by atoms with van der Waals surface area (Å²) in [5.74, 6) is -1.94. The molecule has 0 saturated carbocycles. The molecule has 0 atom stereocenters. The summed E-state index contributed by atoms with van der Waals surface area (Å²) in [6.07, 6.45) is 1.30. The molecule has 0 unspecified atom stereocenters. The summed E-state index contributed by atoms with van der Waals surface area (Å²) in [7, 11) is 0. The van der Waals surface area contributed by atoms with Gasteiger partial charge in [-0.2, -0.15) is 0 Å². The van der Waals surface area contributed by atoms with Crippen LogP contribution in [0.15, 0.2) is 0 Å². The molecule has 7 heteroatoms. The molecule has 0 aromatic rings. The van der Waals surface area contributed by atoms with Crippen LogP contribution in [0.5, 0.6) is 0 Å². The highest BCUT2D eigenvalue weighted by molar-refractivity contribution is 5.82. The molecule has 86 valence electrons. The molecule has 1 aliphatic heterocycles. The lowest BCUT2D eigenvalue weighted by Crippen LogP contribution is -2.30. The Labute approximate surface area is 86.5 Å². The van der Waals surface area contributed by atoms with Gasteiger partial charge in [-0.3, -0.25) is 14.4 Å². The molecule has 1 aliphatic rings. The molecular weight excluding hydrogens is 204 g/mol. The summed E-state index contributed by atoms with van der Waals surface area (Å²) in [6.45, 7) is 0.184. The molecule has 0 radical (unpaired) electrons. The number of carboxylic acid groups (broad SMARTS) is 2. The van der Waals surface area contributed by atoms with Crippen LogP contribution in [0.4, 0.5) is 0 Å². The van der Waals surface area contributed by atoms with Crippen LogP contribution < -0.4 is 5.73 Å². The molecule has 4 N–H and O–H groups in total. The molecule has 0 spiro atoms. The molecule has 0 aromatic heterocycles. The van der Waals surface area contributed by atoms with E-state index in [2.05, 4.69) is 5.73 Å². The number of rotatable bonds is 3. The molecule has 15 heavy (non-hydrogen) atoms. The lowest BCUT2D eigenvalue weighted by molar-refractivity contribution is -0.142. The summed E-state index contributed by atoms with van der Waals surface area (Å²) >= 11 is 0. The second-order valence-electron chi connectivity index (χ2n) is 2.91. The van der Waals surface area contributed by atoms with E-state index in [0.29, 0.717) is 13.0 Å². The molecule has 0 aliphatic carbocycles. The fourth-order valence-electron chi connectivity index (χ4n) is 1.03. The summed E-state index contributed by atoms with van der Waals surface area (Å²) in [4.78, 5) is 31.5. The van der Waals surface area contributed by atoms with Gasteiger partial charge in [0.1, 0.15) is 6.54 Å². The van der Waals surface area contributed by atoms with Crippen molar-refractivity contribution in [2.45, 2.75) is 12.8 Å². The van der Waals surface area contributed by atoms with Crippen molar-refractivity contribution in [2.24, 2.45) is 5.73 Å². The quantitative estimate of drug-likeness (QED) is 0.542. The first kappa shape index (κ1) is 13.4. The van der Waals surface area contributed by atoms with Crippen molar-refractivity contribution in [3.8, 4) is 0 Å². The molecule has 1 saturated heterocycles. The standard InChI is InChI=1S/C6H9NO3.C2H5NO2/c8-5-2-1-3-7(5)4-6(9)10;3-1-2(4)5/h1-4H2,(H,9,10);1,3H2,(H,4,5). The van der Waals surface area contributed by atoms with Crippen LogP contribution >= 0.6 is 0 Å². The zero-order valence-corrected chi connectivity index (χ0v) is 8.18. The number of hydrogen-bond donors (Lipinski definition) is 3. The van der Waals surface area contributed by atoms with Crippen molar-refractivity contribution in [1.82, 2.24) is 4.90 Å². The number of nitrogens with zero attached hydrogens (tertiary/aromatic N) is 1. The van der Waals surface area contributed by atoms with Gasteiger partial charge >= 0.3 is 11.9 Å². The number of carbonyl (C=O) groups excluding carboxylic acids is 1. The number of nitrogens with two attached hydrogens (primary N) is 1. The third-order valence-corrected chi connectivity index (χ3v) is 1.67. The maximum atomic E-state index is 10.8. The van der Waals surface area contributed by atoms with E-state index in [9.17, 15) is 14.4 Å². The van der Waals surface area contributed by atoms with Gasteiger partial charge in [0.2, 0.25) is 5.91 Å². The SMILES string of the molecule is NCC(=O)O.O=C(O)CN1CCCC1=O. The third-order valence-electron chi connectivity index (χ3n) is 1.67. The largest absolute Gasteiger partial charge is 0.480 e. The number of carbonyl (C=O) groups is 3. The van der Waals surface area contributed by atoms with Crippen molar-refractivity contribution < 1.29 is 24.6 Å². The zero-order valence-electron chi connectivity index (χ0n) is 8.18. The van der Waals surface area contributed by atoms with Gasteiger partial charge in [0, 0.05) is 13.0 Å². The number of likely N-dealkylation sites (tertiary alicyclic amines) is 1. The maximum Gasteiger partial charge on any atom is 0.323 e. The van der Waals surface area contributed by atoms with E-state index in [1.165, 1.54) is 4.90 Å². The highest BCUT2D eigenvalue weighted by Gasteiger charge is 2.21. The normalized spacial score (nSPS) is 14.5. The molecule has 0 aromatic carbocycles. The van der Waals surface area contributed by atoms with Gasteiger partial charge in [-0.1, -0.05) is 0 Å². The van der Waals surface area contributed by atoms with E-state index in [1.54, 1.807) is 0 Å². The van der Waals surface area contributed by atoms with Crippen LogP contribution in [-0.2, 0) is 14.4 Å². The van der Waals surface area contributed by atoms with E-state index >= 15 is 0 Å². The predicted octanol–water partition coefficient (Wildman–Crippen LogP) is -1.28. The third kappa shape index (κ3) is 6.44. The first-order valence-electron chi connectivity index (χ1n) is 4.38. The Hall–Kier alpha value is -1.63. The van der Waals surface area contributed by atoms with Gasteiger partial charge in [-0.25, -0.2) is 0 Å². The monoisotopic (exact) mass is 218 g/mol. The van der Waals surface area contributed by atoms with Crippen LogP contribution in [0.3, 0.4) is 0 Å². The highest BCUT2D eigenvalue weighted by Crippen LogP contribution is 2.07. The van der Waals surface area contributed by atoms with E-state index < -0.39 is 11.9 Å². The number of carboxylic acids is 2. The maximum absolute atomic E-state index is 10.8. The Morgan fingerprint density at radius 1 is 1.33 bits per heavy atom. The Bertz CT molecular complexity index is 253. The van der Waals surface area contributed by atoms with Crippen molar-refractivity contribution in [3.63, 3.8) is 0 Å². The Morgan fingerprint density at radius 3 is 2.13 bits per heavy atom. The van der Waals surface area contributed by atoms with Crippen LogP contribution in [0.1, 0.15) is 12.8 Å². The number of amides is 1. The van der Waals surface area contributed by atoms with Gasteiger partial charge in [0.05, 0.1) is 6.54 Å². The first-order valence-corrected chi connectivity index (χ1v) is 4.38. The lowest BCUT2D eigenvalue weighted by atomic mass is 10.4. The predicted molar refractivity (Wildman–Crippen MR) is 50.1 cm³/mol. The van der Waals surface area contributed by atoms with Crippen LogP contribution in [-0.4, -0.2) is 52.6 Å². The van der Waals surface area contributed by atoms with Gasteiger partial charge in [-0.05, 0) is 6.42 Å². The average molecular weight is 218 g/mol. The van der Waals surface area contributed by atoms with E-state index in [-0.39, 0.29) is 19.0 Å². The minimum absolute atomic E-state index is 0.0394. The van der Waals surface area contributed by atoms with Crippen LogP contribution in [0.2, 0.25) is 0 Å². The Kier molecular flexibility index (Phi) is 6.03. The van der Waals surface area contributed by atoms with E-state index in [4.69, 9.17) is 10.2 Å². The van der Waals surface area contributed by atoms with Crippen LogP contribution in [0.25, 0.3) is 0 Å². The first-order chi connectivity index (χ1) is 6.97. The summed E-state index contributed by atoms with van der Waals surface area (Å²) < 4.78 is 0. The van der Waals surface area contributed by atoms with Crippen molar-refractivity contribution in [1.29, 1.82) is 0 Å². The fourth-order valence-corrected chi connectivity index (χ4v) is 1.03. The van der Waals surface area contributed by atoms with Gasteiger partial charge in [0.25, 0.3) is 0 Å². The molecular formula is C8H14N2O5. The number of aliphatic carboxylic acids is 2. The summed E-state index contributed by atoms with van der Waals surface area (Å²) in [6, 6.07) is 0. The highest BCUT2D eigenvalue weighted by atomic mass is 16.4. The summed E-state index contributed by atoms with van der Waals surface area (Å²) in [5, 5.41) is 15.9. The van der Waals surface area contributed by atoms with Crippen molar-refractivity contribution in [3.05, 3.63) is 0 Å². The van der Waals surface area contributed by atoms with E-state index in [0.717, 1.165) is 6.42 Å². The average Bonchev–Trinajstić information content (AvgIpc) is 2.52. The minimum Gasteiger partial charge on any atom is -0.480 e. The summed E-state index contributed by atoms with van der Waals surface area (Å²) in [5.41, 5.74) is 4.57. The molecule has 7 nitrogen and oxygen atoms in total.